The number of anilines is 1. The highest BCUT2D eigenvalue weighted by molar-refractivity contribution is 5.78. The van der Waals surface area contributed by atoms with Crippen molar-refractivity contribution in [2.45, 2.75) is 39.3 Å². The summed E-state index contributed by atoms with van der Waals surface area (Å²) >= 11 is 0. The fourth-order valence-corrected chi connectivity index (χ4v) is 2.33. The average molecular weight is 362 g/mol. The van der Waals surface area contributed by atoms with Gasteiger partial charge in [-0.05, 0) is 51.4 Å². The lowest BCUT2D eigenvalue weighted by Gasteiger charge is -2.16. The van der Waals surface area contributed by atoms with E-state index in [0.29, 0.717) is 11.5 Å². The average Bonchev–Trinajstić information content (AvgIpc) is 2.59. The lowest BCUT2D eigenvalue weighted by atomic mass is 10.1. The Labute approximate surface area is 155 Å². The molecule has 26 heavy (non-hydrogen) atoms. The monoisotopic (exact) mass is 362 g/mol. The van der Waals surface area contributed by atoms with Crippen LogP contribution in [0.15, 0.2) is 29.4 Å². The molecule has 8 heteroatoms. The topological polar surface area (TPSA) is 122 Å². The van der Waals surface area contributed by atoms with Gasteiger partial charge in [-0.25, -0.2) is 5.84 Å². The highest BCUT2D eigenvalue weighted by atomic mass is 16.5. The van der Waals surface area contributed by atoms with E-state index in [-0.39, 0.29) is 12.1 Å². The Kier molecular flexibility index (Phi) is 9.18. The van der Waals surface area contributed by atoms with Crippen LogP contribution < -0.4 is 26.7 Å². The summed E-state index contributed by atoms with van der Waals surface area (Å²) < 4.78 is 10.8. The van der Waals surface area contributed by atoms with Crippen molar-refractivity contribution in [2.75, 3.05) is 19.3 Å². The fraction of sp³-hybridized carbons (Fsp3) is 0.444. The minimum atomic E-state index is -0.137. The number of allylic oxidation sites excluding steroid dienone is 1. The molecule has 6 N–H and O–H groups in total. The molecule has 0 bridgehead atoms. The van der Waals surface area contributed by atoms with Crippen LogP contribution in [0.5, 0.6) is 5.75 Å². The molecule has 144 valence electrons. The fourth-order valence-electron chi connectivity index (χ4n) is 2.33. The number of hydrogen-bond donors (Lipinski definition) is 4. The third-order valence-electron chi connectivity index (χ3n) is 3.52. The van der Waals surface area contributed by atoms with Crippen molar-refractivity contribution in [3.8, 4) is 5.75 Å². The summed E-state index contributed by atoms with van der Waals surface area (Å²) in [5, 5.41) is 15.7. The number of hydrogen-bond acceptors (Lipinski definition) is 7. The molecule has 0 heterocycles. The number of benzene rings is 1. The Balaban J connectivity index is 2.70. The molecule has 1 aromatic rings. The molecule has 0 aliphatic rings. The van der Waals surface area contributed by atoms with Gasteiger partial charge in [-0.15, -0.1) is 5.10 Å². The van der Waals surface area contributed by atoms with Crippen LogP contribution >= 0.6 is 0 Å². The number of methoxy groups -OCH3 is 1. The molecule has 1 rings (SSSR count). The molecule has 0 spiro atoms. The van der Waals surface area contributed by atoms with E-state index in [0.717, 1.165) is 30.6 Å². The summed E-state index contributed by atoms with van der Waals surface area (Å²) in [6.07, 6.45) is 6.54. The number of ether oxygens (including phenoxy) is 2. The third kappa shape index (κ3) is 7.54. The van der Waals surface area contributed by atoms with Crippen molar-refractivity contribution >= 4 is 23.5 Å². The first-order chi connectivity index (χ1) is 12.4. The van der Waals surface area contributed by atoms with Crippen LogP contribution in [-0.2, 0) is 4.74 Å². The Morgan fingerprint density at radius 2 is 2.15 bits per heavy atom. The molecule has 1 atom stereocenters. The van der Waals surface area contributed by atoms with Crippen LogP contribution in [0, 0.1) is 5.41 Å². The summed E-state index contributed by atoms with van der Waals surface area (Å²) in [6, 6.07) is 5.55. The lowest BCUT2D eigenvalue weighted by molar-refractivity contribution is 0.145. The van der Waals surface area contributed by atoms with Crippen molar-refractivity contribution in [3.63, 3.8) is 0 Å². The Morgan fingerprint density at radius 1 is 1.42 bits per heavy atom. The number of nitrogens with one attached hydrogen (secondary N) is 2. The zero-order valence-electron chi connectivity index (χ0n) is 16.0. The molecule has 1 aromatic carbocycles. The molecule has 0 aromatic heterocycles. The van der Waals surface area contributed by atoms with Gasteiger partial charge in [0.2, 0.25) is 0 Å². The van der Waals surface area contributed by atoms with Gasteiger partial charge in [-0.1, -0.05) is 12.2 Å². The van der Waals surface area contributed by atoms with Gasteiger partial charge in [0.25, 0.3) is 0 Å². The zero-order chi connectivity index (χ0) is 19.5. The van der Waals surface area contributed by atoms with Crippen molar-refractivity contribution in [1.29, 1.82) is 5.41 Å². The molecule has 0 radical (unpaired) electrons. The van der Waals surface area contributed by atoms with Crippen LogP contribution in [0.25, 0.3) is 6.08 Å². The predicted octanol–water partition coefficient (Wildman–Crippen LogP) is 2.41. The first kappa shape index (κ1) is 21.5. The van der Waals surface area contributed by atoms with Gasteiger partial charge in [0.05, 0.1) is 12.8 Å². The van der Waals surface area contributed by atoms with Gasteiger partial charge in [-0.2, -0.15) is 5.12 Å². The SMILES string of the molecule is CNC(CCC/C=C/c1cc(N(N)/N=C(/C)N)ccc1OC)OC(C)=N. The molecule has 0 saturated carbocycles. The van der Waals surface area contributed by atoms with E-state index in [9.17, 15) is 0 Å². The Morgan fingerprint density at radius 3 is 2.73 bits per heavy atom. The zero-order valence-corrected chi connectivity index (χ0v) is 16.0. The number of rotatable bonds is 10. The number of amidine groups is 1. The summed E-state index contributed by atoms with van der Waals surface area (Å²) in [6.45, 7) is 3.30. The van der Waals surface area contributed by atoms with Gasteiger partial charge in [0.1, 0.15) is 11.6 Å². The molecule has 0 aliphatic heterocycles. The lowest BCUT2D eigenvalue weighted by Crippen LogP contribution is -2.29. The second kappa shape index (κ2) is 11.1. The standard InChI is InChI=1S/C18H30N6O2/c1-13(19)23-24(21)16-10-11-17(25-4)15(12-16)8-6-5-7-9-18(22-3)26-14(2)20/h6,8,10-12,18,20,22H,5,7,9,21H2,1-4H3,(H2,19,23)/b8-6+,20-14?. The first-order valence-corrected chi connectivity index (χ1v) is 8.46. The second-order valence-corrected chi connectivity index (χ2v) is 5.80. The molecule has 0 amide bonds. The number of hydrazone groups is 1. The molecule has 0 saturated heterocycles. The van der Waals surface area contributed by atoms with E-state index < -0.39 is 0 Å². The predicted molar refractivity (Wildman–Crippen MR) is 107 cm³/mol. The van der Waals surface area contributed by atoms with E-state index in [4.69, 9.17) is 26.5 Å². The number of unbranched alkanes of at least 4 members (excludes halogenated alkanes) is 1. The van der Waals surface area contributed by atoms with Crippen molar-refractivity contribution in [1.82, 2.24) is 5.32 Å². The molecule has 0 fully saturated rings. The summed E-state index contributed by atoms with van der Waals surface area (Å²) in [7, 11) is 3.45. The van der Waals surface area contributed by atoms with Crippen LogP contribution in [0.2, 0.25) is 0 Å². The van der Waals surface area contributed by atoms with Gasteiger partial charge in [0.15, 0.2) is 12.1 Å². The van der Waals surface area contributed by atoms with E-state index >= 15 is 0 Å². The smallest absolute Gasteiger partial charge is 0.179 e. The highest BCUT2D eigenvalue weighted by Crippen LogP contribution is 2.25. The number of nitrogens with two attached hydrogens (primary N) is 2. The van der Waals surface area contributed by atoms with Gasteiger partial charge >= 0.3 is 0 Å². The van der Waals surface area contributed by atoms with Crippen molar-refractivity contribution in [2.24, 2.45) is 16.7 Å². The van der Waals surface area contributed by atoms with Crippen LogP contribution in [-0.4, -0.2) is 32.1 Å². The van der Waals surface area contributed by atoms with Crippen LogP contribution in [0.1, 0.15) is 38.7 Å². The maximum Gasteiger partial charge on any atom is 0.179 e. The van der Waals surface area contributed by atoms with E-state index in [1.165, 1.54) is 5.12 Å². The summed E-state index contributed by atoms with van der Waals surface area (Å²) in [5.41, 5.74) is 7.18. The van der Waals surface area contributed by atoms with Crippen molar-refractivity contribution < 1.29 is 9.47 Å². The maximum atomic E-state index is 7.38. The Hall–Kier alpha value is -2.58. The van der Waals surface area contributed by atoms with Crippen LogP contribution in [0.4, 0.5) is 5.69 Å². The molecule has 0 aliphatic carbocycles. The maximum absolute atomic E-state index is 7.38. The minimum absolute atomic E-state index is 0.137. The van der Waals surface area contributed by atoms with Crippen molar-refractivity contribution in [3.05, 3.63) is 29.8 Å². The van der Waals surface area contributed by atoms with Gasteiger partial charge < -0.3 is 15.2 Å². The quantitative estimate of drug-likeness (QED) is 0.127. The van der Waals surface area contributed by atoms with E-state index in [2.05, 4.69) is 16.5 Å². The molecule has 1 unspecified atom stereocenters. The normalized spacial score (nSPS) is 12.9. The number of hydrazine groups is 1. The van der Waals surface area contributed by atoms with Gasteiger partial charge in [0, 0.05) is 12.5 Å². The second-order valence-electron chi connectivity index (χ2n) is 5.80. The van der Waals surface area contributed by atoms with E-state index in [1.54, 1.807) is 21.0 Å². The first-order valence-electron chi connectivity index (χ1n) is 8.46. The third-order valence-corrected chi connectivity index (χ3v) is 3.52. The summed E-state index contributed by atoms with van der Waals surface area (Å²) in [5.74, 6) is 7.22. The number of nitrogens with zero attached hydrogens (tertiary/aromatic N) is 2. The summed E-state index contributed by atoms with van der Waals surface area (Å²) in [4.78, 5) is 0. The molecule has 8 nitrogen and oxygen atoms in total. The Bertz CT molecular complexity index is 641. The van der Waals surface area contributed by atoms with Crippen LogP contribution in [0.3, 0.4) is 0 Å². The molecular formula is C18H30N6O2. The molecular weight excluding hydrogens is 332 g/mol. The van der Waals surface area contributed by atoms with Gasteiger partial charge in [-0.3, -0.25) is 10.7 Å². The minimum Gasteiger partial charge on any atom is -0.496 e. The highest BCUT2D eigenvalue weighted by Gasteiger charge is 2.07. The largest absolute Gasteiger partial charge is 0.496 e. The van der Waals surface area contributed by atoms with E-state index in [1.807, 2.05) is 31.3 Å².